The average Bonchev–Trinajstić information content (AvgIpc) is 3.72. The topological polar surface area (TPSA) is 140 Å². The molecule has 2 unspecified atom stereocenters. The molecule has 0 spiro atoms. The summed E-state index contributed by atoms with van der Waals surface area (Å²) in [5.41, 5.74) is 4.09. The first-order valence-corrected chi connectivity index (χ1v) is 16.5. The normalized spacial score (nSPS) is 18.7. The van der Waals surface area contributed by atoms with Gasteiger partial charge in [-0.1, -0.05) is 0 Å². The van der Waals surface area contributed by atoms with E-state index in [9.17, 15) is 17.6 Å². The summed E-state index contributed by atoms with van der Waals surface area (Å²) in [6.45, 7) is 7.02. The molecule has 0 bridgehead atoms. The van der Waals surface area contributed by atoms with Gasteiger partial charge in [0.15, 0.2) is 5.82 Å². The van der Waals surface area contributed by atoms with Crippen LogP contribution in [0.1, 0.15) is 49.4 Å². The Bertz CT molecular complexity index is 2110. The van der Waals surface area contributed by atoms with Crippen LogP contribution in [0, 0.1) is 18.6 Å². The lowest BCUT2D eigenvalue weighted by atomic mass is 9.94. The number of hydrogen-bond acceptors (Lipinski definition) is 11. The number of nitrogens with zero attached hydrogens (tertiary/aromatic N) is 7. The summed E-state index contributed by atoms with van der Waals surface area (Å²) < 4.78 is 93.3. The fourth-order valence-corrected chi connectivity index (χ4v) is 7.22. The molecule has 0 aliphatic carbocycles. The summed E-state index contributed by atoms with van der Waals surface area (Å²) in [5, 5.41) is 6.63. The van der Waals surface area contributed by atoms with Crippen LogP contribution < -0.4 is 20.1 Å². The second-order valence-electron chi connectivity index (χ2n) is 12.9. The van der Waals surface area contributed by atoms with Gasteiger partial charge in [-0.15, -0.1) is 0 Å². The lowest BCUT2D eigenvalue weighted by Crippen LogP contribution is -2.39. The predicted molar refractivity (Wildman–Crippen MR) is 179 cm³/mol. The number of aromatic nitrogens is 6. The SMILES string of the molecule is COCCN1CCCC1COc1nc2c3c(nc(-c4c(C(F)(F)F)c(C)cc5[nH]ncc45)c(F)c3n1)OC[C@H](C)N2C(C)c1cc(F)cnc1N. The number of rotatable bonds is 9. The molecule has 1 saturated heterocycles. The number of halogens is 5. The van der Waals surface area contributed by atoms with E-state index in [2.05, 4.69) is 30.0 Å². The molecule has 12 nitrogen and oxygen atoms in total. The Labute approximate surface area is 289 Å². The van der Waals surface area contributed by atoms with Crippen molar-refractivity contribution in [2.24, 2.45) is 0 Å². The second-order valence-corrected chi connectivity index (χ2v) is 12.9. The van der Waals surface area contributed by atoms with Gasteiger partial charge in [0.05, 0.1) is 42.2 Å². The predicted octanol–water partition coefficient (Wildman–Crippen LogP) is 5.99. The number of H-pyrrole nitrogens is 1. The van der Waals surface area contributed by atoms with Crippen molar-refractivity contribution >= 4 is 33.4 Å². The molecule has 0 saturated carbocycles. The van der Waals surface area contributed by atoms with Crippen LogP contribution in [0.2, 0.25) is 0 Å². The fraction of sp³-hybridized carbons (Fsp3) is 0.441. The number of nitrogens with one attached hydrogen (secondary N) is 1. The monoisotopic (exact) mass is 713 g/mol. The molecule has 7 rings (SSSR count). The van der Waals surface area contributed by atoms with Gasteiger partial charge in [-0.05, 0) is 57.9 Å². The number of anilines is 2. The third-order valence-corrected chi connectivity index (χ3v) is 9.63. The molecule has 6 heterocycles. The Balaban J connectivity index is 1.45. The summed E-state index contributed by atoms with van der Waals surface area (Å²) in [4.78, 5) is 21.6. The number of fused-ring (bicyclic) bond motifs is 1. The van der Waals surface area contributed by atoms with Gasteiger partial charge in [0, 0.05) is 36.2 Å². The van der Waals surface area contributed by atoms with Crippen molar-refractivity contribution in [3.8, 4) is 23.1 Å². The zero-order valence-corrected chi connectivity index (χ0v) is 28.3. The molecule has 4 aromatic heterocycles. The largest absolute Gasteiger partial charge is 0.475 e. The summed E-state index contributed by atoms with van der Waals surface area (Å²) in [6.07, 6.45) is -0.891. The van der Waals surface area contributed by atoms with Crippen molar-refractivity contribution in [3.05, 3.63) is 52.9 Å². The maximum absolute atomic E-state index is 17.1. The number of nitrogen functional groups attached to an aromatic ring is 1. The maximum atomic E-state index is 17.1. The average molecular weight is 714 g/mol. The van der Waals surface area contributed by atoms with E-state index in [1.807, 2.05) is 0 Å². The van der Waals surface area contributed by atoms with E-state index in [4.69, 9.17) is 24.9 Å². The van der Waals surface area contributed by atoms with Crippen LogP contribution in [0.4, 0.5) is 33.6 Å². The summed E-state index contributed by atoms with van der Waals surface area (Å²) >= 11 is 0. The van der Waals surface area contributed by atoms with E-state index >= 15 is 4.39 Å². The van der Waals surface area contributed by atoms with Crippen LogP contribution in [0.15, 0.2) is 24.5 Å². The van der Waals surface area contributed by atoms with Gasteiger partial charge in [-0.3, -0.25) is 10.00 Å². The molecule has 1 fully saturated rings. The Morgan fingerprint density at radius 3 is 2.73 bits per heavy atom. The fourth-order valence-electron chi connectivity index (χ4n) is 7.22. The highest BCUT2D eigenvalue weighted by Gasteiger charge is 2.40. The van der Waals surface area contributed by atoms with Crippen LogP contribution >= 0.6 is 0 Å². The van der Waals surface area contributed by atoms with Gasteiger partial charge in [-0.2, -0.15) is 28.2 Å². The van der Waals surface area contributed by atoms with E-state index in [0.29, 0.717) is 18.7 Å². The van der Waals surface area contributed by atoms with Crippen molar-refractivity contribution < 1.29 is 36.2 Å². The molecule has 0 radical (unpaired) electrons. The third-order valence-electron chi connectivity index (χ3n) is 9.63. The van der Waals surface area contributed by atoms with Gasteiger partial charge in [0.1, 0.15) is 47.3 Å². The number of pyridine rings is 2. The Hall–Kier alpha value is -4.90. The summed E-state index contributed by atoms with van der Waals surface area (Å²) in [5.74, 6) is -1.73. The first-order chi connectivity index (χ1) is 24.4. The standard InChI is InChI=1S/C34H36F5N9O3/c1-16-10-23-22(13-42-46-23)24(26(16)34(37,38)39)28-27(36)29-25-31(45-33(44-29)51-15-20-6-5-7-47(20)8-9-49-4)48(17(2)14-50-32(25)43-28)18(3)21-11-19(35)12-41-30(21)40/h10-13,17-18,20H,5-9,14-15H2,1-4H3,(H2,40,41)(H,42,46)/t17-,18?,20?/m0/s1. The van der Waals surface area contributed by atoms with Crippen molar-refractivity contribution in [3.63, 3.8) is 0 Å². The van der Waals surface area contributed by atoms with Crippen LogP contribution in [0.5, 0.6) is 11.9 Å². The van der Waals surface area contributed by atoms with E-state index in [1.54, 1.807) is 25.9 Å². The smallest absolute Gasteiger partial charge is 0.417 e. The molecule has 17 heteroatoms. The molecule has 270 valence electrons. The van der Waals surface area contributed by atoms with Crippen molar-refractivity contribution in [1.82, 2.24) is 35.0 Å². The Kier molecular flexibility index (Phi) is 9.03. The number of nitrogens with two attached hydrogens (primary N) is 1. The van der Waals surface area contributed by atoms with E-state index in [0.717, 1.165) is 25.6 Å². The van der Waals surface area contributed by atoms with Crippen LogP contribution in [-0.2, 0) is 10.9 Å². The summed E-state index contributed by atoms with van der Waals surface area (Å²) in [6, 6.07) is 1.15. The molecule has 0 amide bonds. The van der Waals surface area contributed by atoms with Crippen molar-refractivity contribution in [2.45, 2.75) is 57.9 Å². The molecular weight excluding hydrogens is 677 g/mol. The van der Waals surface area contributed by atoms with E-state index in [-0.39, 0.29) is 70.2 Å². The zero-order chi connectivity index (χ0) is 36.2. The molecule has 51 heavy (non-hydrogen) atoms. The minimum atomic E-state index is -4.87. The third kappa shape index (κ3) is 6.22. The first kappa shape index (κ1) is 34.5. The molecule has 2 aliphatic rings. The number of benzene rings is 1. The van der Waals surface area contributed by atoms with Gasteiger partial charge < -0.3 is 24.8 Å². The number of alkyl halides is 3. The van der Waals surface area contributed by atoms with Crippen LogP contribution in [0.25, 0.3) is 33.1 Å². The molecule has 2 aliphatic heterocycles. The number of methoxy groups -OCH3 is 1. The summed E-state index contributed by atoms with van der Waals surface area (Å²) in [7, 11) is 1.63. The highest BCUT2D eigenvalue weighted by atomic mass is 19.4. The quantitative estimate of drug-likeness (QED) is 0.174. The van der Waals surface area contributed by atoms with E-state index < -0.39 is 46.7 Å². The molecule has 3 atom stereocenters. The Morgan fingerprint density at radius 2 is 1.96 bits per heavy atom. The van der Waals surface area contributed by atoms with Crippen molar-refractivity contribution in [1.29, 1.82) is 0 Å². The maximum Gasteiger partial charge on any atom is 0.417 e. The first-order valence-electron chi connectivity index (χ1n) is 16.5. The minimum absolute atomic E-state index is 0.00143. The van der Waals surface area contributed by atoms with E-state index in [1.165, 1.54) is 25.3 Å². The number of likely N-dealkylation sites (tertiary alicyclic amines) is 1. The molecule has 1 aromatic carbocycles. The number of aryl methyl sites for hydroxylation is 1. The van der Waals surface area contributed by atoms with Gasteiger partial charge in [-0.25, -0.2) is 18.7 Å². The lowest BCUT2D eigenvalue weighted by molar-refractivity contribution is -0.137. The zero-order valence-electron chi connectivity index (χ0n) is 28.3. The highest BCUT2D eigenvalue weighted by molar-refractivity contribution is 6.02. The number of hydrogen-bond donors (Lipinski definition) is 2. The number of ether oxygens (including phenoxy) is 3. The van der Waals surface area contributed by atoms with Crippen molar-refractivity contribution in [2.75, 3.05) is 50.7 Å². The minimum Gasteiger partial charge on any atom is -0.475 e. The Morgan fingerprint density at radius 1 is 1.16 bits per heavy atom. The molecule has 5 aromatic rings. The highest BCUT2D eigenvalue weighted by Crippen LogP contribution is 2.47. The molecule has 3 N–H and O–H groups in total. The number of aromatic amines is 1. The lowest BCUT2D eigenvalue weighted by Gasteiger charge is -2.35. The van der Waals surface area contributed by atoms with Gasteiger partial charge in [0.2, 0.25) is 5.88 Å². The van der Waals surface area contributed by atoms with Gasteiger partial charge in [0.25, 0.3) is 0 Å². The van der Waals surface area contributed by atoms with Crippen LogP contribution in [0.3, 0.4) is 0 Å². The molecular formula is C34H36F5N9O3. The van der Waals surface area contributed by atoms with Gasteiger partial charge >= 0.3 is 12.2 Å². The van der Waals surface area contributed by atoms with Crippen LogP contribution in [-0.4, -0.2) is 87.1 Å². The second kappa shape index (κ2) is 13.3.